The van der Waals surface area contributed by atoms with Crippen LogP contribution in [0.5, 0.6) is 0 Å². The first-order valence-corrected chi connectivity index (χ1v) is 22.3. The Morgan fingerprint density at radius 3 is 1.45 bits per heavy atom. The molecule has 0 amide bonds. The molecule has 5 aliphatic carbocycles. The third-order valence-corrected chi connectivity index (χ3v) is 15.2. The second kappa shape index (κ2) is 13.7. The first-order valence-electron chi connectivity index (χ1n) is 22.3. The Morgan fingerprint density at radius 1 is 0.400 bits per heavy atom. The Kier molecular flexibility index (Phi) is 8.15. The molecule has 0 saturated heterocycles. The van der Waals surface area contributed by atoms with Gasteiger partial charge in [-0.05, 0) is 170 Å². The molecule has 8 aromatic rings. The van der Waals surface area contributed by atoms with Crippen molar-refractivity contribution in [1.29, 1.82) is 0 Å². The van der Waals surface area contributed by atoms with Crippen molar-refractivity contribution < 1.29 is 0 Å². The van der Waals surface area contributed by atoms with Gasteiger partial charge in [0, 0.05) is 22.5 Å². The van der Waals surface area contributed by atoms with Gasteiger partial charge >= 0.3 is 0 Å². The molecule has 0 aliphatic heterocycles. The number of benzene rings is 8. The summed E-state index contributed by atoms with van der Waals surface area (Å²) in [5.41, 5.74) is 18.6. The third-order valence-electron chi connectivity index (χ3n) is 15.2. The van der Waals surface area contributed by atoms with Crippen LogP contribution < -0.4 is 4.90 Å². The van der Waals surface area contributed by atoms with Crippen LogP contribution in [0.4, 0.5) is 17.1 Å². The predicted octanol–water partition coefficient (Wildman–Crippen LogP) is 16.1. The van der Waals surface area contributed by atoms with Crippen LogP contribution in [-0.2, 0) is 10.8 Å². The summed E-state index contributed by atoms with van der Waals surface area (Å²) in [7, 11) is 0. The molecule has 4 fully saturated rings. The highest BCUT2D eigenvalue weighted by atomic mass is 15.1. The maximum atomic E-state index is 2.49. The van der Waals surface area contributed by atoms with Crippen molar-refractivity contribution in [3.05, 3.63) is 199 Å². The third kappa shape index (κ3) is 5.66. The van der Waals surface area contributed by atoms with Gasteiger partial charge in [-0.1, -0.05) is 159 Å². The summed E-state index contributed by atoms with van der Waals surface area (Å²) >= 11 is 0. The topological polar surface area (TPSA) is 3.24 Å². The molecule has 0 spiro atoms. The van der Waals surface area contributed by atoms with E-state index in [2.05, 4.69) is 201 Å². The molecule has 4 bridgehead atoms. The molecule has 0 aromatic heterocycles. The van der Waals surface area contributed by atoms with Gasteiger partial charge in [0.2, 0.25) is 0 Å². The SMILES string of the molecule is CC1(C)c2ccccc2-c2c(-c3ccc(N(c4ccc(-c5cccc6cccc(-c7ccccc7)c56)cc4)c4ccc(C56CC7CC(CC(C7)C5)C6)cc4)cc3)cccc21. The highest BCUT2D eigenvalue weighted by Crippen LogP contribution is 2.61. The summed E-state index contributed by atoms with van der Waals surface area (Å²) in [5.74, 6) is 2.79. The lowest BCUT2D eigenvalue weighted by atomic mass is 9.48. The lowest BCUT2D eigenvalue weighted by molar-refractivity contribution is -0.00518. The maximum absolute atomic E-state index is 2.49. The fourth-order valence-electron chi connectivity index (χ4n) is 12.9. The number of anilines is 3. The summed E-state index contributed by atoms with van der Waals surface area (Å²) < 4.78 is 0. The highest BCUT2D eigenvalue weighted by molar-refractivity contribution is 6.06. The van der Waals surface area contributed by atoms with E-state index in [0.29, 0.717) is 5.41 Å². The average molecular weight is 774 g/mol. The normalized spacial score (nSPS) is 21.8. The van der Waals surface area contributed by atoms with Gasteiger partial charge < -0.3 is 4.90 Å². The fraction of sp³-hybridized carbons (Fsp3) is 0.220. The molecule has 0 unspecified atom stereocenters. The van der Waals surface area contributed by atoms with E-state index in [4.69, 9.17) is 0 Å². The molecule has 292 valence electrons. The van der Waals surface area contributed by atoms with E-state index < -0.39 is 0 Å². The van der Waals surface area contributed by atoms with Crippen LogP contribution in [0.3, 0.4) is 0 Å². The van der Waals surface area contributed by atoms with E-state index in [9.17, 15) is 0 Å². The van der Waals surface area contributed by atoms with Gasteiger partial charge in [-0.25, -0.2) is 0 Å². The molecule has 0 radical (unpaired) electrons. The zero-order chi connectivity index (χ0) is 40.0. The highest BCUT2D eigenvalue weighted by Gasteiger charge is 2.51. The minimum Gasteiger partial charge on any atom is -0.311 e. The Hall–Kier alpha value is -6.18. The molecule has 0 heterocycles. The van der Waals surface area contributed by atoms with E-state index in [1.807, 2.05) is 0 Å². The van der Waals surface area contributed by atoms with Crippen molar-refractivity contribution >= 4 is 27.8 Å². The standard InChI is InChI=1S/C59H51N/c1-58(2)54-19-7-6-15-53(54)57-52(18-10-20-55(57)58)44-23-29-48(30-24-44)60(49-31-25-46(26-32-49)59-36-39-33-40(37-59)35-41(34-39)38-59)47-27-21-43(22-28-47)51-17-9-14-45-13-8-16-50(56(45)51)42-11-4-3-5-12-42/h3-32,39-41H,33-38H2,1-2H3. The number of fused-ring (bicyclic) bond motifs is 4. The minimum absolute atomic E-state index is 0.0255. The molecule has 5 aliphatic rings. The van der Waals surface area contributed by atoms with Crippen LogP contribution in [0, 0.1) is 17.8 Å². The summed E-state index contributed by atoms with van der Waals surface area (Å²) in [6.07, 6.45) is 8.57. The molecule has 0 atom stereocenters. The van der Waals surface area contributed by atoms with Crippen LogP contribution >= 0.6 is 0 Å². The zero-order valence-corrected chi connectivity index (χ0v) is 34.7. The lowest BCUT2D eigenvalue weighted by Crippen LogP contribution is -2.48. The Balaban J connectivity index is 0.945. The summed E-state index contributed by atoms with van der Waals surface area (Å²) in [5, 5.41) is 2.56. The lowest BCUT2D eigenvalue weighted by Gasteiger charge is -2.57. The van der Waals surface area contributed by atoms with Crippen molar-refractivity contribution in [1.82, 2.24) is 0 Å². The minimum atomic E-state index is -0.0255. The molecule has 4 saturated carbocycles. The van der Waals surface area contributed by atoms with Crippen LogP contribution in [0.15, 0.2) is 182 Å². The molecule has 13 rings (SSSR count). The van der Waals surface area contributed by atoms with Crippen molar-refractivity contribution in [3.8, 4) is 44.5 Å². The number of hydrogen-bond donors (Lipinski definition) is 0. The van der Waals surface area contributed by atoms with Gasteiger partial charge in [0.05, 0.1) is 0 Å². The first-order chi connectivity index (χ1) is 29.4. The van der Waals surface area contributed by atoms with E-state index in [1.54, 1.807) is 5.56 Å². The number of rotatable bonds is 7. The maximum Gasteiger partial charge on any atom is 0.0462 e. The van der Waals surface area contributed by atoms with Gasteiger partial charge in [-0.3, -0.25) is 0 Å². The van der Waals surface area contributed by atoms with Crippen LogP contribution in [0.2, 0.25) is 0 Å². The van der Waals surface area contributed by atoms with Crippen molar-refractivity contribution in [2.45, 2.75) is 63.2 Å². The van der Waals surface area contributed by atoms with Crippen molar-refractivity contribution in [2.75, 3.05) is 4.90 Å². The van der Waals surface area contributed by atoms with E-state index in [-0.39, 0.29) is 5.41 Å². The van der Waals surface area contributed by atoms with E-state index in [0.717, 1.165) is 23.4 Å². The van der Waals surface area contributed by atoms with Gasteiger partial charge in [0.25, 0.3) is 0 Å². The smallest absolute Gasteiger partial charge is 0.0462 e. The van der Waals surface area contributed by atoms with Gasteiger partial charge in [0.1, 0.15) is 0 Å². The van der Waals surface area contributed by atoms with E-state index in [1.165, 1.54) is 116 Å². The molecule has 60 heavy (non-hydrogen) atoms. The summed E-state index contributed by atoms with van der Waals surface area (Å²) in [4.78, 5) is 2.46. The molecule has 0 N–H and O–H groups in total. The number of nitrogens with zero attached hydrogens (tertiary/aromatic N) is 1. The van der Waals surface area contributed by atoms with Gasteiger partial charge in [-0.15, -0.1) is 0 Å². The van der Waals surface area contributed by atoms with Gasteiger partial charge in [-0.2, -0.15) is 0 Å². The van der Waals surface area contributed by atoms with Crippen LogP contribution in [0.25, 0.3) is 55.3 Å². The Bertz CT molecular complexity index is 2860. The summed E-state index contributed by atoms with van der Waals surface area (Å²) in [6.45, 7) is 4.73. The number of hydrogen-bond acceptors (Lipinski definition) is 1. The molecule has 1 heteroatoms. The monoisotopic (exact) mass is 773 g/mol. The van der Waals surface area contributed by atoms with Crippen LogP contribution in [-0.4, -0.2) is 0 Å². The first kappa shape index (κ1) is 35.7. The quantitative estimate of drug-likeness (QED) is 0.156. The predicted molar refractivity (Wildman–Crippen MR) is 252 cm³/mol. The second-order valence-electron chi connectivity index (χ2n) is 19.1. The Morgan fingerprint density at radius 2 is 0.850 bits per heavy atom. The van der Waals surface area contributed by atoms with Crippen molar-refractivity contribution in [2.24, 2.45) is 17.8 Å². The zero-order valence-electron chi connectivity index (χ0n) is 34.7. The average Bonchev–Trinajstić information content (AvgIpc) is 3.52. The largest absolute Gasteiger partial charge is 0.311 e. The molecular weight excluding hydrogens is 723 g/mol. The van der Waals surface area contributed by atoms with Crippen LogP contribution in [0.1, 0.15) is 69.1 Å². The van der Waals surface area contributed by atoms with Crippen molar-refractivity contribution in [3.63, 3.8) is 0 Å². The van der Waals surface area contributed by atoms with Gasteiger partial charge in [0.15, 0.2) is 0 Å². The summed E-state index contributed by atoms with van der Waals surface area (Å²) in [6, 6.07) is 68.5. The molecular formula is C59H51N. The molecule has 1 nitrogen and oxygen atoms in total. The Labute approximate surface area is 355 Å². The molecule has 8 aromatic carbocycles. The van der Waals surface area contributed by atoms with E-state index >= 15 is 0 Å². The fourth-order valence-corrected chi connectivity index (χ4v) is 12.9. The second-order valence-corrected chi connectivity index (χ2v) is 19.1.